The molecule has 0 radical (unpaired) electrons. The zero-order valence-electron chi connectivity index (χ0n) is 23.2. The fourth-order valence-corrected chi connectivity index (χ4v) is 6.28. The van der Waals surface area contributed by atoms with E-state index in [1.165, 1.54) is 43.1 Å². The Bertz CT molecular complexity index is 1410. The van der Waals surface area contributed by atoms with Crippen molar-refractivity contribution in [1.29, 1.82) is 0 Å². The number of hydrogen-bond donors (Lipinski definition) is 4. The fraction of sp³-hybridized carbons (Fsp3) is 0.483. The van der Waals surface area contributed by atoms with Crippen molar-refractivity contribution in [1.82, 2.24) is 30.0 Å². The number of nitrogens with one attached hydrogen (secondary N) is 2. The number of thioether (sulfide) groups is 1. The highest BCUT2D eigenvalue weighted by Gasteiger charge is 2.37. The lowest BCUT2D eigenvalue weighted by molar-refractivity contribution is -0.124. The summed E-state index contributed by atoms with van der Waals surface area (Å²) in [7, 11) is 0. The number of carbonyl (C=O) groups is 1. The van der Waals surface area contributed by atoms with E-state index in [0.29, 0.717) is 34.0 Å². The summed E-state index contributed by atoms with van der Waals surface area (Å²) >= 11 is 1.28. The number of hydrogen-bond acceptors (Lipinski definition) is 11. The smallest absolute Gasteiger partial charge is 0.228 e. The van der Waals surface area contributed by atoms with Gasteiger partial charge in [0.1, 0.15) is 34.6 Å². The van der Waals surface area contributed by atoms with Crippen LogP contribution in [0.15, 0.2) is 41.7 Å². The van der Waals surface area contributed by atoms with Gasteiger partial charge in [-0.25, -0.2) is 14.4 Å². The highest BCUT2D eigenvalue weighted by molar-refractivity contribution is 7.99. The second kappa shape index (κ2) is 12.9. The molecule has 0 bridgehead atoms. The first-order valence-corrected chi connectivity index (χ1v) is 15.4. The van der Waals surface area contributed by atoms with Crippen molar-refractivity contribution in [3.8, 4) is 17.0 Å². The number of benzene rings is 1. The number of nitrogens with zero attached hydrogens (tertiary/aromatic N) is 6. The van der Waals surface area contributed by atoms with Crippen molar-refractivity contribution in [2.24, 2.45) is 11.8 Å². The number of halogens is 1. The Balaban J connectivity index is 1.06. The quantitative estimate of drug-likeness (QED) is 0.243. The maximum atomic E-state index is 14.5. The molecule has 6 rings (SSSR count). The largest absolute Gasteiger partial charge is 0.508 e. The number of anilines is 3. The van der Waals surface area contributed by atoms with Gasteiger partial charge in [0.2, 0.25) is 5.91 Å². The summed E-state index contributed by atoms with van der Waals surface area (Å²) in [6, 6.07) is 7.76. The predicted molar refractivity (Wildman–Crippen MR) is 158 cm³/mol. The second-order valence-electron chi connectivity index (χ2n) is 11.2. The van der Waals surface area contributed by atoms with Gasteiger partial charge in [0, 0.05) is 62.1 Å². The van der Waals surface area contributed by atoms with Gasteiger partial charge in [-0.3, -0.25) is 9.69 Å². The van der Waals surface area contributed by atoms with E-state index >= 15 is 0 Å². The molecule has 2 aliphatic carbocycles. The van der Waals surface area contributed by atoms with E-state index in [2.05, 4.69) is 40.6 Å². The first-order valence-electron chi connectivity index (χ1n) is 14.4. The van der Waals surface area contributed by atoms with Gasteiger partial charge in [-0.1, -0.05) is 0 Å². The Hall–Kier alpha value is -3.39. The lowest BCUT2D eigenvalue weighted by Crippen LogP contribution is -2.50. The van der Waals surface area contributed by atoms with Crippen LogP contribution in [0.2, 0.25) is 0 Å². The molecule has 3 fully saturated rings. The molecule has 222 valence electrons. The lowest BCUT2D eigenvalue weighted by Gasteiger charge is -2.41. The molecule has 1 aliphatic heterocycles. The highest BCUT2D eigenvalue weighted by atomic mass is 32.2. The van der Waals surface area contributed by atoms with E-state index in [1.54, 1.807) is 12.1 Å². The summed E-state index contributed by atoms with van der Waals surface area (Å²) in [5, 5.41) is 34.0. The maximum Gasteiger partial charge on any atom is 0.228 e. The molecule has 3 heterocycles. The van der Waals surface area contributed by atoms with Gasteiger partial charge in [0.25, 0.3) is 0 Å². The van der Waals surface area contributed by atoms with Crippen LogP contribution < -0.4 is 10.6 Å². The SMILES string of the molecule is O=C(Nc1cc(Nc2cc(-c3cc(O)ccc3F)nnc2SCCO)ncn1)C1CC(CN2CCN(C3CC3)CC2)C1. The monoisotopic (exact) mass is 594 g/mol. The molecule has 0 atom stereocenters. The molecule has 0 spiro atoms. The van der Waals surface area contributed by atoms with E-state index in [-0.39, 0.29) is 35.4 Å². The van der Waals surface area contributed by atoms with Crippen molar-refractivity contribution in [2.75, 3.05) is 55.7 Å². The van der Waals surface area contributed by atoms with Crippen LogP contribution in [-0.2, 0) is 4.79 Å². The van der Waals surface area contributed by atoms with E-state index in [1.807, 2.05) is 0 Å². The molecule has 1 saturated heterocycles. The van der Waals surface area contributed by atoms with Crippen molar-refractivity contribution in [3.63, 3.8) is 0 Å². The van der Waals surface area contributed by atoms with Crippen molar-refractivity contribution in [2.45, 2.75) is 36.8 Å². The summed E-state index contributed by atoms with van der Waals surface area (Å²) in [4.78, 5) is 26.6. The van der Waals surface area contributed by atoms with Gasteiger partial charge in [-0.2, -0.15) is 0 Å². The van der Waals surface area contributed by atoms with Crippen LogP contribution in [0.3, 0.4) is 0 Å². The Morgan fingerprint density at radius 3 is 2.60 bits per heavy atom. The predicted octanol–water partition coefficient (Wildman–Crippen LogP) is 3.35. The normalized spacial score (nSPS) is 21.1. The third-order valence-electron chi connectivity index (χ3n) is 8.09. The summed E-state index contributed by atoms with van der Waals surface area (Å²) in [6.07, 6.45) is 5.84. The summed E-state index contributed by atoms with van der Waals surface area (Å²) in [5.41, 5.74) is 0.794. The number of aliphatic hydroxyl groups excluding tert-OH is 1. The van der Waals surface area contributed by atoms with Crippen LogP contribution in [-0.4, -0.2) is 97.2 Å². The van der Waals surface area contributed by atoms with E-state index in [0.717, 1.165) is 57.7 Å². The fourth-order valence-electron chi connectivity index (χ4n) is 5.64. The minimum absolute atomic E-state index is 0.0280. The molecule has 1 aromatic carbocycles. The minimum Gasteiger partial charge on any atom is -0.508 e. The third-order valence-corrected chi connectivity index (χ3v) is 9.05. The summed E-state index contributed by atoms with van der Waals surface area (Å²) in [6.45, 7) is 5.58. The Kier molecular flexibility index (Phi) is 8.79. The minimum atomic E-state index is -0.551. The molecule has 3 aromatic rings. The van der Waals surface area contributed by atoms with Crippen molar-refractivity contribution >= 4 is 35.0 Å². The van der Waals surface area contributed by atoms with Crippen LogP contribution in [0.4, 0.5) is 21.7 Å². The topological polar surface area (TPSA) is 140 Å². The van der Waals surface area contributed by atoms with Crippen LogP contribution in [0, 0.1) is 17.7 Å². The molecule has 42 heavy (non-hydrogen) atoms. The number of aromatic nitrogens is 4. The Morgan fingerprint density at radius 2 is 1.83 bits per heavy atom. The van der Waals surface area contributed by atoms with Crippen molar-refractivity contribution < 1.29 is 19.4 Å². The van der Waals surface area contributed by atoms with E-state index < -0.39 is 5.82 Å². The van der Waals surface area contributed by atoms with Gasteiger partial charge in [-0.05, 0) is 55.9 Å². The molecule has 2 aromatic heterocycles. The van der Waals surface area contributed by atoms with E-state index in [9.17, 15) is 19.4 Å². The molecule has 4 N–H and O–H groups in total. The summed E-state index contributed by atoms with van der Waals surface area (Å²) in [5.74, 6) is 0.998. The number of piperazine rings is 1. The number of aliphatic hydroxyl groups is 1. The van der Waals surface area contributed by atoms with Gasteiger partial charge >= 0.3 is 0 Å². The number of amides is 1. The zero-order chi connectivity index (χ0) is 29.1. The molecule has 2 saturated carbocycles. The number of phenols is 1. The Morgan fingerprint density at radius 1 is 1.05 bits per heavy atom. The lowest BCUT2D eigenvalue weighted by atomic mass is 9.74. The van der Waals surface area contributed by atoms with Gasteiger partial charge < -0.3 is 25.7 Å². The Labute approximate surface area is 248 Å². The molecule has 3 aliphatic rings. The van der Waals surface area contributed by atoms with Crippen molar-refractivity contribution in [3.05, 3.63) is 42.5 Å². The molecule has 0 unspecified atom stereocenters. The second-order valence-corrected chi connectivity index (χ2v) is 12.3. The average Bonchev–Trinajstić information content (AvgIpc) is 3.82. The molecule has 13 heteroatoms. The molecule has 11 nitrogen and oxygen atoms in total. The maximum absolute atomic E-state index is 14.5. The van der Waals surface area contributed by atoms with Gasteiger partial charge in [0.05, 0.1) is 18.0 Å². The first kappa shape index (κ1) is 28.7. The van der Waals surface area contributed by atoms with E-state index in [4.69, 9.17) is 0 Å². The standard InChI is InChI=1S/C29H35FN8O3S/c30-23-4-3-21(40)13-22(23)24-14-25(29(36-35-24)42-10-9-39)33-26-15-27(32-17-31-26)34-28(41)19-11-18(12-19)16-37-5-7-38(8-6-37)20-1-2-20/h3-4,13-15,17-20,39-40H,1-2,5-12,16H2,(H2,31,32,33,34,35,41). The summed E-state index contributed by atoms with van der Waals surface area (Å²) < 4.78 is 14.5. The number of phenolic OH excluding ortho intramolecular Hbond substituents is 1. The first-order chi connectivity index (χ1) is 20.4. The highest BCUT2D eigenvalue weighted by Crippen LogP contribution is 2.36. The van der Waals surface area contributed by atoms with Crippen LogP contribution in [0.5, 0.6) is 5.75 Å². The zero-order valence-corrected chi connectivity index (χ0v) is 24.1. The number of rotatable bonds is 11. The third kappa shape index (κ3) is 6.97. The molecular weight excluding hydrogens is 559 g/mol. The molecular formula is C29H35FN8O3S. The number of carbonyl (C=O) groups excluding carboxylic acids is 1. The number of aromatic hydroxyl groups is 1. The average molecular weight is 595 g/mol. The van der Waals surface area contributed by atoms with Crippen LogP contribution in [0.25, 0.3) is 11.3 Å². The van der Waals surface area contributed by atoms with Crippen LogP contribution in [0.1, 0.15) is 25.7 Å². The van der Waals surface area contributed by atoms with Gasteiger partial charge in [-0.15, -0.1) is 22.0 Å². The van der Waals surface area contributed by atoms with Crippen LogP contribution >= 0.6 is 11.8 Å². The van der Waals surface area contributed by atoms with Gasteiger partial charge in [0.15, 0.2) is 0 Å². The molecule has 1 amide bonds.